The van der Waals surface area contributed by atoms with Gasteiger partial charge in [0.2, 0.25) is 0 Å². The van der Waals surface area contributed by atoms with Crippen LogP contribution in [0.15, 0.2) is 41.5 Å². The van der Waals surface area contributed by atoms with Gasteiger partial charge in [-0.3, -0.25) is 14.5 Å². The highest BCUT2D eigenvalue weighted by Crippen LogP contribution is 2.50. The Morgan fingerprint density at radius 2 is 2.00 bits per heavy atom. The molecule has 0 spiro atoms. The van der Waals surface area contributed by atoms with Crippen molar-refractivity contribution in [2.45, 2.75) is 50.4 Å². The predicted molar refractivity (Wildman–Crippen MR) is 172 cm³/mol. The number of halogens is 1. The number of ether oxygens (including phenoxy) is 4. The van der Waals surface area contributed by atoms with Crippen molar-refractivity contribution in [1.29, 1.82) is 0 Å². The number of nitrogens with one attached hydrogen (secondary N) is 1. The van der Waals surface area contributed by atoms with Crippen LogP contribution in [0.5, 0.6) is 5.75 Å². The standard InChI is InChI=1S/C32H36IN5O6/c1-41-19-6-7-20-21-10-11-38-16-18-13-27(44-28(39)9-5-17-4-8-24(36-37-34)23(33)12-17)31(42-2)29(32(40)43-3)22(18)15-26(38)30(21)35-25(20)14-19/h4,6-8,12,14,18,22,26-27,29,31,35H,5,9-11,13,15-16H2,1-3H3/t18-,22+,26-,27-,29+,31+/m1/s1. The molecule has 6 atom stereocenters. The van der Waals surface area contributed by atoms with Gasteiger partial charge in [0.05, 0.1) is 31.9 Å². The second-order valence-corrected chi connectivity index (χ2v) is 13.0. The average molecular weight is 714 g/mol. The van der Waals surface area contributed by atoms with Gasteiger partial charge in [0.15, 0.2) is 0 Å². The Morgan fingerprint density at radius 1 is 1.16 bits per heavy atom. The highest BCUT2D eigenvalue weighted by Gasteiger charge is 2.54. The fourth-order valence-electron chi connectivity index (χ4n) is 7.67. The van der Waals surface area contributed by atoms with E-state index in [2.05, 4.69) is 48.6 Å². The summed E-state index contributed by atoms with van der Waals surface area (Å²) < 4.78 is 23.6. The lowest BCUT2D eigenvalue weighted by Crippen LogP contribution is -2.58. The van der Waals surface area contributed by atoms with E-state index in [1.807, 2.05) is 24.3 Å². The summed E-state index contributed by atoms with van der Waals surface area (Å²) in [6.07, 6.45) is 1.87. The molecule has 12 heteroatoms. The van der Waals surface area contributed by atoms with Gasteiger partial charge in [-0.15, -0.1) is 0 Å². The van der Waals surface area contributed by atoms with Gasteiger partial charge < -0.3 is 23.9 Å². The maximum absolute atomic E-state index is 13.3. The lowest BCUT2D eigenvalue weighted by molar-refractivity contribution is -0.189. The number of hydrogen-bond donors (Lipinski definition) is 1. The summed E-state index contributed by atoms with van der Waals surface area (Å²) in [5.41, 5.74) is 13.8. The van der Waals surface area contributed by atoms with Gasteiger partial charge in [0.25, 0.3) is 0 Å². The first-order valence-electron chi connectivity index (χ1n) is 14.9. The van der Waals surface area contributed by atoms with Crippen LogP contribution < -0.4 is 4.74 Å². The van der Waals surface area contributed by atoms with Crippen LogP contribution in [-0.4, -0.2) is 68.4 Å². The molecule has 0 bridgehead atoms. The van der Waals surface area contributed by atoms with E-state index in [0.717, 1.165) is 46.3 Å². The molecule has 2 fully saturated rings. The van der Waals surface area contributed by atoms with Crippen LogP contribution in [0.3, 0.4) is 0 Å². The van der Waals surface area contributed by atoms with Crippen molar-refractivity contribution in [3.8, 4) is 5.75 Å². The number of carbonyl (C=O) groups is 2. The summed E-state index contributed by atoms with van der Waals surface area (Å²) in [6, 6.07) is 11.8. The molecule has 11 nitrogen and oxygen atoms in total. The normalized spacial score (nSPS) is 26.1. The number of nitrogens with zero attached hydrogens (tertiary/aromatic N) is 4. The fourth-order valence-corrected chi connectivity index (χ4v) is 8.35. The average Bonchev–Trinajstić information content (AvgIpc) is 3.41. The first-order chi connectivity index (χ1) is 21.3. The van der Waals surface area contributed by atoms with Crippen LogP contribution in [0.2, 0.25) is 0 Å². The maximum atomic E-state index is 13.3. The summed E-state index contributed by atoms with van der Waals surface area (Å²) in [5.74, 6) is -0.219. The molecule has 0 unspecified atom stereocenters. The van der Waals surface area contributed by atoms with Crippen molar-refractivity contribution < 1.29 is 28.5 Å². The Bertz CT molecular complexity index is 1620. The molecule has 3 aromatic rings. The number of benzene rings is 2. The molecule has 1 aromatic heterocycles. The summed E-state index contributed by atoms with van der Waals surface area (Å²) >= 11 is 2.11. The van der Waals surface area contributed by atoms with Gasteiger partial charge in [-0.25, -0.2) is 0 Å². The molecule has 1 aliphatic carbocycles. The van der Waals surface area contributed by atoms with Gasteiger partial charge in [-0.2, -0.15) is 0 Å². The number of methoxy groups -OCH3 is 3. The lowest BCUT2D eigenvalue weighted by Gasteiger charge is -2.52. The summed E-state index contributed by atoms with van der Waals surface area (Å²) in [4.78, 5) is 35.5. The lowest BCUT2D eigenvalue weighted by atomic mass is 9.63. The Hall–Kier alpha value is -3.32. The first-order valence-corrected chi connectivity index (χ1v) is 16.0. The third-order valence-corrected chi connectivity index (χ3v) is 10.5. The third kappa shape index (κ3) is 5.76. The van der Waals surface area contributed by atoms with E-state index in [4.69, 9.17) is 24.5 Å². The van der Waals surface area contributed by atoms with E-state index < -0.39 is 18.1 Å². The molecule has 6 rings (SSSR count). The van der Waals surface area contributed by atoms with Crippen molar-refractivity contribution in [2.24, 2.45) is 22.9 Å². The number of azide groups is 1. The van der Waals surface area contributed by atoms with Crippen LogP contribution in [0.25, 0.3) is 21.3 Å². The van der Waals surface area contributed by atoms with Crippen molar-refractivity contribution in [3.63, 3.8) is 0 Å². The summed E-state index contributed by atoms with van der Waals surface area (Å²) in [5, 5.41) is 4.89. The zero-order chi connectivity index (χ0) is 31.0. The highest BCUT2D eigenvalue weighted by atomic mass is 127. The van der Waals surface area contributed by atoms with E-state index in [1.54, 1.807) is 20.3 Å². The van der Waals surface area contributed by atoms with Gasteiger partial charge in [0.1, 0.15) is 18.0 Å². The van der Waals surface area contributed by atoms with Crippen LogP contribution in [0.4, 0.5) is 5.69 Å². The Kier molecular flexibility index (Phi) is 9.04. The monoisotopic (exact) mass is 713 g/mol. The topological polar surface area (TPSA) is 139 Å². The number of carbonyl (C=O) groups excluding carboxylic acids is 2. The number of aryl methyl sites for hydroxylation is 1. The zero-order valence-electron chi connectivity index (χ0n) is 25.0. The van der Waals surface area contributed by atoms with Gasteiger partial charge in [-0.05, 0) is 95.0 Å². The van der Waals surface area contributed by atoms with E-state index in [0.29, 0.717) is 18.5 Å². The molecule has 1 saturated heterocycles. The van der Waals surface area contributed by atoms with Crippen molar-refractivity contribution >= 4 is 51.1 Å². The Balaban J connectivity index is 1.20. The summed E-state index contributed by atoms with van der Waals surface area (Å²) in [6.45, 7) is 1.74. The number of hydrogen-bond acceptors (Lipinski definition) is 8. The van der Waals surface area contributed by atoms with Crippen molar-refractivity contribution in [1.82, 2.24) is 9.88 Å². The van der Waals surface area contributed by atoms with Crippen molar-refractivity contribution in [3.05, 3.63) is 67.2 Å². The van der Waals surface area contributed by atoms with Crippen LogP contribution in [0.1, 0.15) is 42.1 Å². The van der Waals surface area contributed by atoms with E-state index in [-0.39, 0.29) is 36.2 Å². The third-order valence-electron chi connectivity index (χ3n) is 9.67. The number of piperidine rings is 1. The van der Waals surface area contributed by atoms with E-state index in [9.17, 15) is 9.59 Å². The molecule has 2 aromatic carbocycles. The zero-order valence-corrected chi connectivity index (χ0v) is 27.2. The number of H-pyrrole nitrogens is 1. The number of fused-ring (bicyclic) bond motifs is 6. The SMILES string of the molecule is COC(=O)[C@H]1[C@H]2C[C@@H]3c4[nH]c5cc(OC)ccc5c4CCN3C[C@H]2C[C@@H](OC(=O)CCc2ccc(N=[N+]=[N-])c(I)c2)[C@@H]1OC. The minimum atomic E-state index is -0.599. The van der Waals surface area contributed by atoms with Crippen LogP contribution in [0, 0.1) is 21.3 Å². The molecule has 0 radical (unpaired) electrons. The molecular weight excluding hydrogens is 677 g/mol. The van der Waals surface area contributed by atoms with Gasteiger partial charge in [-0.1, -0.05) is 17.2 Å². The molecule has 1 saturated carbocycles. The molecule has 3 aliphatic rings. The number of rotatable bonds is 8. The van der Waals surface area contributed by atoms with Crippen molar-refractivity contribution in [2.75, 3.05) is 34.4 Å². The van der Waals surface area contributed by atoms with Gasteiger partial charge >= 0.3 is 11.9 Å². The maximum Gasteiger partial charge on any atom is 0.311 e. The second-order valence-electron chi connectivity index (χ2n) is 11.8. The van der Waals surface area contributed by atoms with Gasteiger partial charge in [0, 0.05) is 57.8 Å². The molecule has 44 heavy (non-hydrogen) atoms. The summed E-state index contributed by atoms with van der Waals surface area (Å²) in [7, 11) is 4.66. The predicted octanol–water partition coefficient (Wildman–Crippen LogP) is 6.01. The number of esters is 2. The van der Waals surface area contributed by atoms with Crippen LogP contribution in [-0.2, 0) is 36.6 Å². The quantitative estimate of drug-likeness (QED) is 0.0992. The molecule has 0 amide bonds. The molecule has 232 valence electrons. The van der Waals surface area contributed by atoms with E-state index >= 15 is 0 Å². The Labute approximate surface area is 269 Å². The van der Waals surface area contributed by atoms with Crippen LogP contribution >= 0.6 is 22.6 Å². The second kappa shape index (κ2) is 13.0. The largest absolute Gasteiger partial charge is 0.497 e. The highest BCUT2D eigenvalue weighted by molar-refractivity contribution is 14.1. The first kappa shape index (κ1) is 30.7. The molecular formula is C32H36IN5O6. The minimum Gasteiger partial charge on any atom is -0.497 e. The molecule has 2 aliphatic heterocycles. The number of aromatic nitrogens is 1. The minimum absolute atomic E-state index is 0.0205. The smallest absolute Gasteiger partial charge is 0.311 e. The molecule has 3 heterocycles. The number of aromatic amines is 1. The fraction of sp³-hybridized carbons (Fsp3) is 0.500. The van der Waals surface area contributed by atoms with E-state index in [1.165, 1.54) is 23.8 Å². The Morgan fingerprint density at radius 3 is 2.73 bits per heavy atom. The molecule has 1 N–H and O–H groups in total.